The van der Waals surface area contributed by atoms with Gasteiger partial charge in [0.15, 0.2) is 0 Å². The molecule has 0 aliphatic heterocycles. The van der Waals surface area contributed by atoms with Crippen LogP contribution in [0.5, 0.6) is 0 Å². The van der Waals surface area contributed by atoms with Gasteiger partial charge in [-0.25, -0.2) is 0 Å². The molecular formula is C22H29BrN6O3. The number of halogens is 1. The lowest BCUT2D eigenvalue weighted by Gasteiger charge is -2.61. The smallest absolute Gasteiger partial charge is 0.358 e. The summed E-state index contributed by atoms with van der Waals surface area (Å²) in [5.74, 6) is 1.06. The Morgan fingerprint density at radius 1 is 1.28 bits per heavy atom. The van der Waals surface area contributed by atoms with E-state index in [0.29, 0.717) is 29.3 Å². The molecule has 1 amide bonds. The molecule has 4 aliphatic rings. The van der Waals surface area contributed by atoms with Gasteiger partial charge in [0.05, 0.1) is 22.5 Å². The molecule has 2 aromatic heterocycles. The standard InChI is InChI=1S/C22H29BrN6O3/c1-3-27-11-17(14(2)25-27)10-24-19(30)9-21-5-15-4-16(6-21)8-22(7-15,13-21)28-12-18(23)20(26-28)29(31)32/h11-12,15-16H,3-10,13H2,1-2H3,(H,24,30). The van der Waals surface area contributed by atoms with Crippen LogP contribution in [0.3, 0.4) is 0 Å². The summed E-state index contributed by atoms with van der Waals surface area (Å²) in [6, 6.07) is 0. The summed E-state index contributed by atoms with van der Waals surface area (Å²) in [5, 5.41) is 23.3. The molecule has 0 aromatic carbocycles. The highest BCUT2D eigenvalue weighted by molar-refractivity contribution is 9.10. The molecule has 0 spiro atoms. The molecule has 2 aromatic rings. The van der Waals surface area contributed by atoms with Gasteiger partial charge in [0.2, 0.25) is 5.91 Å². The number of nitro groups is 1. The summed E-state index contributed by atoms with van der Waals surface area (Å²) < 4.78 is 4.16. The van der Waals surface area contributed by atoms with E-state index in [1.165, 1.54) is 6.42 Å². The molecule has 6 rings (SSSR count). The number of rotatable bonds is 7. The first-order chi connectivity index (χ1) is 15.2. The van der Waals surface area contributed by atoms with Crippen LogP contribution in [0.2, 0.25) is 0 Å². The number of hydrogen-bond donors (Lipinski definition) is 1. The fourth-order valence-electron chi connectivity index (χ4n) is 7.08. The first-order valence-corrected chi connectivity index (χ1v) is 12.2. The van der Waals surface area contributed by atoms with Gasteiger partial charge >= 0.3 is 5.82 Å². The second-order valence-electron chi connectivity index (χ2n) is 10.2. The zero-order valence-electron chi connectivity index (χ0n) is 18.5. The van der Waals surface area contributed by atoms with Gasteiger partial charge < -0.3 is 15.4 Å². The maximum absolute atomic E-state index is 13.0. The minimum absolute atomic E-state index is 0.0516. The monoisotopic (exact) mass is 504 g/mol. The van der Waals surface area contributed by atoms with E-state index >= 15 is 0 Å². The van der Waals surface area contributed by atoms with Crippen LogP contribution in [0.25, 0.3) is 0 Å². The quantitative estimate of drug-likeness (QED) is 0.451. The third-order valence-electron chi connectivity index (χ3n) is 7.85. The van der Waals surface area contributed by atoms with Crippen molar-refractivity contribution in [1.29, 1.82) is 0 Å². The van der Waals surface area contributed by atoms with Gasteiger partial charge in [0.1, 0.15) is 4.47 Å². The van der Waals surface area contributed by atoms with Crippen LogP contribution in [0.4, 0.5) is 5.82 Å². The van der Waals surface area contributed by atoms with Crippen LogP contribution in [0.1, 0.15) is 63.1 Å². The molecule has 4 aliphatic carbocycles. The van der Waals surface area contributed by atoms with Gasteiger partial charge in [-0.2, -0.15) is 9.78 Å². The first-order valence-electron chi connectivity index (χ1n) is 11.4. The van der Waals surface area contributed by atoms with Crippen LogP contribution in [-0.4, -0.2) is 30.4 Å². The molecule has 2 atom stereocenters. The van der Waals surface area contributed by atoms with Gasteiger partial charge in [-0.1, -0.05) is 0 Å². The van der Waals surface area contributed by atoms with Crippen LogP contribution < -0.4 is 5.32 Å². The van der Waals surface area contributed by atoms with E-state index < -0.39 is 4.92 Å². The Bertz CT molecular complexity index is 1060. The highest BCUT2D eigenvalue weighted by Crippen LogP contribution is 2.65. The van der Waals surface area contributed by atoms with E-state index in [4.69, 9.17) is 0 Å². The van der Waals surface area contributed by atoms with Crippen molar-refractivity contribution in [3.63, 3.8) is 0 Å². The number of carbonyl (C=O) groups is 1. The van der Waals surface area contributed by atoms with Gasteiger partial charge in [0.25, 0.3) is 0 Å². The first kappa shape index (κ1) is 21.6. The molecule has 10 heteroatoms. The summed E-state index contributed by atoms with van der Waals surface area (Å²) in [7, 11) is 0. The average Bonchev–Trinajstić information content (AvgIpc) is 3.28. The van der Waals surface area contributed by atoms with Crippen LogP contribution in [0.15, 0.2) is 16.9 Å². The van der Waals surface area contributed by atoms with Gasteiger partial charge in [-0.05, 0) is 90.5 Å². The fraction of sp³-hybridized carbons (Fsp3) is 0.682. The number of nitrogens with zero attached hydrogens (tertiary/aromatic N) is 5. The number of amides is 1. The van der Waals surface area contributed by atoms with Crippen LogP contribution >= 0.6 is 15.9 Å². The Kier molecular flexibility index (Phi) is 5.18. The lowest BCUT2D eigenvalue weighted by molar-refractivity contribution is -0.390. The average molecular weight is 505 g/mol. The third kappa shape index (κ3) is 3.66. The Morgan fingerprint density at radius 3 is 2.59 bits per heavy atom. The Balaban J connectivity index is 1.33. The molecule has 4 fully saturated rings. The highest BCUT2D eigenvalue weighted by atomic mass is 79.9. The molecular weight excluding hydrogens is 476 g/mol. The van der Waals surface area contributed by atoms with E-state index in [0.717, 1.165) is 49.9 Å². The lowest BCUT2D eigenvalue weighted by atomic mass is 9.46. The van der Waals surface area contributed by atoms with Crippen molar-refractivity contribution in [3.8, 4) is 0 Å². The molecule has 9 nitrogen and oxygen atoms in total. The molecule has 4 bridgehead atoms. The second-order valence-corrected chi connectivity index (χ2v) is 11.1. The zero-order chi connectivity index (χ0) is 22.7. The van der Waals surface area contributed by atoms with Crippen molar-refractivity contribution in [3.05, 3.63) is 38.2 Å². The summed E-state index contributed by atoms with van der Waals surface area (Å²) in [6.45, 7) is 5.32. The summed E-state index contributed by atoms with van der Waals surface area (Å²) in [5.41, 5.74) is 1.73. The maximum Gasteiger partial charge on any atom is 0.404 e. The Morgan fingerprint density at radius 2 is 2.00 bits per heavy atom. The van der Waals surface area contributed by atoms with Crippen molar-refractivity contribution in [1.82, 2.24) is 24.9 Å². The van der Waals surface area contributed by atoms with E-state index in [1.807, 2.05) is 29.4 Å². The molecule has 4 saturated carbocycles. The topological polar surface area (TPSA) is 108 Å². The number of nitrogens with one attached hydrogen (secondary N) is 1. The summed E-state index contributed by atoms with van der Waals surface area (Å²) in [6.07, 6.45) is 10.5. The molecule has 0 radical (unpaired) electrons. The minimum atomic E-state index is -0.438. The van der Waals surface area contributed by atoms with Crippen molar-refractivity contribution in [2.24, 2.45) is 17.3 Å². The maximum atomic E-state index is 13.0. The minimum Gasteiger partial charge on any atom is -0.358 e. The van der Waals surface area contributed by atoms with Crippen molar-refractivity contribution in [2.45, 2.75) is 77.4 Å². The number of aromatic nitrogens is 4. The molecule has 172 valence electrons. The van der Waals surface area contributed by atoms with Gasteiger partial charge in [0, 0.05) is 31.3 Å². The SMILES string of the molecule is CCn1cc(CNC(=O)CC23CC4CC(C2)CC(n2cc(Br)c([N+](=O)[O-])n2)(C4)C3)c(C)n1. The third-order valence-corrected chi connectivity index (χ3v) is 8.40. The van der Waals surface area contributed by atoms with Crippen molar-refractivity contribution >= 4 is 27.7 Å². The van der Waals surface area contributed by atoms with E-state index in [1.54, 1.807) is 6.20 Å². The predicted octanol–water partition coefficient (Wildman–Crippen LogP) is 4.08. The molecule has 2 heterocycles. The highest BCUT2D eigenvalue weighted by Gasteiger charge is 2.60. The predicted molar refractivity (Wildman–Crippen MR) is 121 cm³/mol. The second kappa shape index (κ2) is 7.67. The lowest BCUT2D eigenvalue weighted by Crippen LogP contribution is -2.57. The fourth-order valence-corrected chi connectivity index (χ4v) is 7.50. The van der Waals surface area contributed by atoms with Crippen molar-refractivity contribution in [2.75, 3.05) is 0 Å². The molecule has 0 saturated heterocycles. The number of aryl methyl sites for hydroxylation is 2. The Labute approximate surface area is 195 Å². The van der Waals surface area contributed by atoms with Gasteiger partial charge in [-0.3, -0.25) is 9.48 Å². The van der Waals surface area contributed by atoms with Crippen LogP contribution in [-0.2, 0) is 23.4 Å². The molecule has 32 heavy (non-hydrogen) atoms. The van der Waals surface area contributed by atoms with Crippen molar-refractivity contribution < 1.29 is 9.72 Å². The van der Waals surface area contributed by atoms with Gasteiger partial charge in [-0.15, -0.1) is 0 Å². The molecule has 1 N–H and O–H groups in total. The van der Waals surface area contributed by atoms with E-state index in [9.17, 15) is 14.9 Å². The number of carbonyl (C=O) groups excluding carboxylic acids is 1. The normalized spacial score (nSPS) is 30.6. The zero-order valence-corrected chi connectivity index (χ0v) is 20.1. The van der Waals surface area contributed by atoms with E-state index in [-0.39, 0.29) is 22.7 Å². The van der Waals surface area contributed by atoms with E-state index in [2.05, 4.69) is 31.4 Å². The number of hydrogen-bond acceptors (Lipinski definition) is 5. The Hall–Kier alpha value is -2.23. The summed E-state index contributed by atoms with van der Waals surface area (Å²) in [4.78, 5) is 23.9. The van der Waals surface area contributed by atoms with Crippen LogP contribution in [0, 0.1) is 34.3 Å². The summed E-state index contributed by atoms with van der Waals surface area (Å²) >= 11 is 3.31. The largest absolute Gasteiger partial charge is 0.404 e. The molecule has 2 unspecified atom stereocenters.